The van der Waals surface area contributed by atoms with E-state index in [0.717, 1.165) is 5.56 Å². The van der Waals surface area contributed by atoms with Crippen LogP contribution in [-0.4, -0.2) is 37.4 Å². The van der Waals surface area contributed by atoms with E-state index >= 15 is 0 Å². The molecule has 1 N–H and O–H groups in total. The van der Waals surface area contributed by atoms with Crippen LogP contribution in [0.2, 0.25) is 0 Å². The number of terminal acetylenes is 1. The number of aryl methyl sites for hydroxylation is 1. The van der Waals surface area contributed by atoms with Crippen molar-refractivity contribution in [2.24, 2.45) is 0 Å². The monoisotopic (exact) mass is 403 g/mol. The number of aromatic nitrogens is 4. The first-order valence-corrected chi connectivity index (χ1v) is 9.87. The van der Waals surface area contributed by atoms with Gasteiger partial charge in [-0.15, -0.1) is 16.6 Å². The van der Waals surface area contributed by atoms with Crippen molar-refractivity contribution in [3.05, 3.63) is 64.4 Å². The maximum atomic E-state index is 13.2. The molecule has 0 aliphatic carbocycles. The van der Waals surface area contributed by atoms with Crippen molar-refractivity contribution >= 4 is 34.3 Å². The molecule has 2 heterocycles. The van der Waals surface area contributed by atoms with Crippen LogP contribution in [0.15, 0.2) is 58.5 Å². The lowest BCUT2D eigenvalue weighted by atomic mass is 10.2. The smallest absolute Gasteiger partial charge is 0.267 e. The number of nitrogens with one attached hydrogen (secondary N) is 1. The van der Waals surface area contributed by atoms with Gasteiger partial charge < -0.3 is 5.32 Å². The lowest BCUT2D eigenvalue weighted by molar-refractivity contribution is -0.118. The van der Waals surface area contributed by atoms with Gasteiger partial charge in [0, 0.05) is 0 Å². The summed E-state index contributed by atoms with van der Waals surface area (Å²) in [6.45, 7) is 2.16. The average molecular weight is 403 g/mol. The van der Waals surface area contributed by atoms with Gasteiger partial charge in [-0.3, -0.25) is 14.0 Å². The predicted molar refractivity (Wildman–Crippen MR) is 113 cm³/mol. The van der Waals surface area contributed by atoms with Crippen LogP contribution in [0, 0.1) is 19.3 Å². The summed E-state index contributed by atoms with van der Waals surface area (Å²) in [5.41, 5.74) is 2.31. The number of hydrogen-bond donors (Lipinski definition) is 1. The van der Waals surface area contributed by atoms with Gasteiger partial charge in [0.2, 0.25) is 11.7 Å². The van der Waals surface area contributed by atoms with E-state index in [4.69, 9.17) is 6.42 Å². The second-order valence-electron chi connectivity index (χ2n) is 6.38. The van der Waals surface area contributed by atoms with E-state index < -0.39 is 0 Å². The molecule has 0 radical (unpaired) electrons. The van der Waals surface area contributed by atoms with Crippen LogP contribution in [0.4, 0.5) is 0 Å². The first kappa shape index (κ1) is 18.8. The highest BCUT2D eigenvalue weighted by atomic mass is 32.2. The molecule has 0 bridgehead atoms. The largest absolute Gasteiger partial charge is 0.344 e. The molecule has 0 atom stereocenters. The highest BCUT2D eigenvalue weighted by molar-refractivity contribution is 7.99. The van der Waals surface area contributed by atoms with E-state index in [2.05, 4.69) is 21.4 Å². The summed E-state index contributed by atoms with van der Waals surface area (Å²) in [5.74, 6) is 2.71. The van der Waals surface area contributed by atoms with Crippen molar-refractivity contribution < 1.29 is 4.79 Å². The number of rotatable bonds is 5. The Morgan fingerprint density at radius 2 is 1.93 bits per heavy atom. The second-order valence-corrected chi connectivity index (χ2v) is 7.32. The Hall–Kier alpha value is -3.57. The van der Waals surface area contributed by atoms with E-state index in [0.29, 0.717) is 27.5 Å². The SMILES string of the molecule is C#CCNC(=O)CSc1nnc2n(-c3ccc(C)cc3)c(=O)c3ccccc3n12. The van der Waals surface area contributed by atoms with Gasteiger partial charge in [-0.05, 0) is 31.2 Å². The Kier molecular flexibility index (Phi) is 5.06. The van der Waals surface area contributed by atoms with Crippen LogP contribution in [0.3, 0.4) is 0 Å². The first-order chi connectivity index (χ1) is 14.1. The third kappa shape index (κ3) is 3.48. The number of nitrogens with zero attached hydrogens (tertiary/aromatic N) is 4. The van der Waals surface area contributed by atoms with Crippen LogP contribution in [0.5, 0.6) is 0 Å². The van der Waals surface area contributed by atoms with Gasteiger partial charge in [0.1, 0.15) is 0 Å². The number of amides is 1. The second kappa shape index (κ2) is 7.81. The summed E-state index contributed by atoms with van der Waals surface area (Å²) in [5, 5.41) is 12.2. The molecule has 0 saturated heterocycles. The van der Waals surface area contributed by atoms with Crippen LogP contribution in [-0.2, 0) is 4.79 Å². The van der Waals surface area contributed by atoms with Gasteiger partial charge >= 0.3 is 0 Å². The molecule has 2 aromatic carbocycles. The van der Waals surface area contributed by atoms with Crippen molar-refractivity contribution in [1.29, 1.82) is 0 Å². The summed E-state index contributed by atoms with van der Waals surface area (Å²) in [6.07, 6.45) is 5.17. The van der Waals surface area contributed by atoms with Gasteiger partial charge in [-0.1, -0.05) is 47.5 Å². The van der Waals surface area contributed by atoms with Crippen molar-refractivity contribution in [2.75, 3.05) is 12.3 Å². The molecule has 2 aromatic heterocycles. The van der Waals surface area contributed by atoms with E-state index in [9.17, 15) is 9.59 Å². The topological polar surface area (TPSA) is 81.3 Å². The zero-order valence-electron chi connectivity index (χ0n) is 15.6. The van der Waals surface area contributed by atoms with Crippen molar-refractivity contribution in [3.63, 3.8) is 0 Å². The molecule has 0 fully saturated rings. The highest BCUT2D eigenvalue weighted by Crippen LogP contribution is 2.23. The number of fused-ring (bicyclic) bond motifs is 3. The Labute approximate surface area is 170 Å². The molecule has 7 nitrogen and oxygen atoms in total. The molecular formula is C21H17N5O2S. The maximum absolute atomic E-state index is 13.2. The molecule has 29 heavy (non-hydrogen) atoms. The van der Waals surface area contributed by atoms with Crippen LogP contribution in [0.25, 0.3) is 22.4 Å². The Bertz CT molecular complexity index is 1320. The number of para-hydroxylation sites is 1. The molecule has 0 aliphatic heterocycles. The lowest BCUT2D eigenvalue weighted by Gasteiger charge is -2.11. The fraction of sp³-hybridized carbons (Fsp3) is 0.143. The fourth-order valence-electron chi connectivity index (χ4n) is 3.03. The number of thioether (sulfide) groups is 1. The Morgan fingerprint density at radius 1 is 1.17 bits per heavy atom. The zero-order chi connectivity index (χ0) is 20.4. The molecule has 0 spiro atoms. The molecule has 8 heteroatoms. The molecule has 0 saturated carbocycles. The Balaban J connectivity index is 1.89. The quantitative estimate of drug-likeness (QED) is 0.408. The van der Waals surface area contributed by atoms with Crippen LogP contribution in [0.1, 0.15) is 5.56 Å². The fourth-order valence-corrected chi connectivity index (χ4v) is 3.80. The highest BCUT2D eigenvalue weighted by Gasteiger charge is 2.18. The standard InChI is InChI=1S/C21H17N5O2S/c1-3-12-22-18(27)13-29-21-24-23-20-25(15-10-8-14(2)9-11-15)19(28)16-6-4-5-7-17(16)26(20)21/h1,4-11H,12-13H2,2H3,(H,22,27). The molecule has 144 valence electrons. The number of carbonyl (C=O) groups is 1. The third-order valence-electron chi connectivity index (χ3n) is 4.41. The van der Waals surface area contributed by atoms with Gasteiger partial charge in [0.05, 0.1) is 28.9 Å². The summed E-state index contributed by atoms with van der Waals surface area (Å²) < 4.78 is 3.34. The van der Waals surface area contributed by atoms with E-state index in [1.807, 2.05) is 49.4 Å². The summed E-state index contributed by atoms with van der Waals surface area (Å²) in [7, 11) is 0. The van der Waals surface area contributed by atoms with Gasteiger partial charge in [0.25, 0.3) is 5.56 Å². The predicted octanol–water partition coefficient (Wildman–Crippen LogP) is 2.18. The van der Waals surface area contributed by atoms with Gasteiger partial charge in [-0.2, -0.15) is 0 Å². The minimum atomic E-state index is -0.194. The molecule has 1 amide bonds. The van der Waals surface area contributed by atoms with E-state index in [1.54, 1.807) is 10.5 Å². The number of carbonyl (C=O) groups excluding carboxylic acids is 1. The third-order valence-corrected chi connectivity index (χ3v) is 5.34. The van der Waals surface area contributed by atoms with Crippen LogP contribution < -0.4 is 10.9 Å². The number of hydrogen-bond acceptors (Lipinski definition) is 5. The molecule has 0 aliphatic rings. The maximum Gasteiger partial charge on any atom is 0.267 e. The molecule has 4 aromatic rings. The minimum absolute atomic E-state index is 0.139. The summed E-state index contributed by atoms with van der Waals surface area (Å²) in [4.78, 5) is 25.1. The lowest BCUT2D eigenvalue weighted by Crippen LogP contribution is -2.25. The molecule has 4 rings (SSSR count). The van der Waals surface area contributed by atoms with Crippen molar-refractivity contribution in [1.82, 2.24) is 24.5 Å². The molecular weight excluding hydrogens is 386 g/mol. The Morgan fingerprint density at radius 3 is 2.69 bits per heavy atom. The van der Waals surface area contributed by atoms with Crippen molar-refractivity contribution in [3.8, 4) is 18.0 Å². The summed E-state index contributed by atoms with van der Waals surface area (Å²) >= 11 is 1.24. The van der Waals surface area contributed by atoms with Crippen LogP contribution >= 0.6 is 11.8 Å². The van der Waals surface area contributed by atoms with E-state index in [-0.39, 0.29) is 23.8 Å². The van der Waals surface area contributed by atoms with Gasteiger partial charge in [0.15, 0.2) is 5.16 Å². The van der Waals surface area contributed by atoms with E-state index in [1.165, 1.54) is 16.3 Å². The first-order valence-electron chi connectivity index (χ1n) is 8.89. The zero-order valence-corrected chi connectivity index (χ0v) is 16.4. The minimum Gasteiger partial charge on any atom is -0.344 e. The average Bonchev–Trinajstić information content (AvgIpc) is 3.16. The summed E-state index contributed by atoms with van der Waals surface area (Å²) in [6, 6.07) is 14.9. The van der Waals surface area contributed by atoms with Gasteiger partial charge in [-0.25, -0.2) is 4.57 Å². The van der Waals surface area contributed by atoms with Crippen molar-refractivity contribution in [2.45, 2.75) is 12.1 Å². The molecule has 0 unspecified atom stereocenters. The normalized spacial score (nSPS) is 10.9. The number of benzene rings is 2.